The van der Waals surface area contributed by atoms with Crippen molar-refractivity contribution in [2.75, 3.05) is 17.5 Å². The van der Waals surface area contributed by atoms with E-state index in [-0.39, 0.29) is 18.0 Å². The van der Waals surface area contributed by atoms with E-state index in [0.717, 1.165) is 10.9 Å². The predicted octanol–water partition coefficient (Wildman–Crippen LogP) is 3.58. The molecule has 1 heterocycles. The molecule has 1 aliphatic heterocycles. The van der Waals surface area contributed by atoms with Crippen LogP contribution in [0.2, 0.25) is 5.02 Å². The second kappa shape index (κ2) is 7.13. The van der Waals surface area contributed by atoms with Gasteiger partial charge >= 0.3 is 0 Å². The number of hydrogen-bond donors (Lipinski definition) is 1. The Morgan fingerprint density at radius 1 is 1.04 bits per heavy atom. The van der Waals surface area contributed by atoms with Crippen LogP contribution in [0.1, 0.15) is 5.56 Å². The number of rotatable bonds is 6. The van der Waals surface area contributed by atoms with Crippen molar-refractivity contribution in [1.29, 1.82) is 0 Å². The molecule has 0 spiro atoms. The summed E-state index contributed by atoms with van der Waals surface area (Å²) in [7, 11) is -3.67. The van der Waals surface area contributed by atoms with Gasteiger partial charge in [-0.15, -0.1) is 0 Å². The average Bonchev–Trinajstić information content (AvgIpc) is 2.87. The zero-order valence-corrected chi connectivity index (χ0v) is 15.9. The third kappa shape index (κ3) is 3.41. The zero-order chi connectivity index (χ0) is 19.0. The lowest BCUT2D eigenvalue weighted by Gasteiger charge is -2.22. The summed E-state index contributed by atoms with van der Waals surface area (Å²) in [5.74, 6) is 0. The van der Waals surface area contributed by atoms with Crippen LogP contribution in [-0.4, -0.2) is 32.8 Å². The number of halogens is 1. The van der Waals surface area contributed by atoms with Crippen molar-refractivity contribution < 1.29 is 18.3 Å². The Bertz CT molecular complexity index is 1080. The van der Waals surface area contributed by atoms with Crippen molar-refractivity contribution in [2.45, 2.75) is 17.6 Å². The molecule has 0 aromatic heterocycles. The summed E-state index contributed by atoms with van der Waals surface area (Å²) >= 11 is 5.85. The highest BCUT2D eigenvalue weighted by Gasteiger charge is 2.36. The lowest BCUT2D eigenvalue weighted by Crippen LogP contribution is -2.37. The molecule has 4 rings (SSSR count). The maximum Gasteiger partial charge on any atom is 0.265 e. The van der Waals surface area contributed by atoms with E-state index in [1.54, 1.807) is 30.3 Å². The smallest absolute Gasteiger partial charge is 0.265 e. The van der Waals surface area contributed by atoms with E-state index in [1.165, 1.54) is 4.31 Å². The summed E-state index contributed by atoms with van der Waals surface area (Å²) < 4.78 is 32.6. The lowest BCUT2D eigenvalue weighted by molar-refractivity contribution is 0.0334. The molecule has 1 N–H and O–H groups in total. The van der Waals surface area contributed by atoms with E-state index in [9.17, 15) is 13.5 Å². The van der Waals surface area contributed by atoms with Gasteiger partial charge in [0, 0.05) is 10.4 Å². The number of hydrogen-bond acceptors (Lipinski definition) is 4. The Hall–Kier alpha value is -2.12. The number of ether oxygens (including phenoxy) is 1. The lowest BCUT2D eigenvalue weighted by atomic mass is 10.1. The first kappa shape index (κ1) is 18.3. The van der Waals surface area contributed by atoms with Crippen LogP contribution in [0.15, 0.2) is 65.6 Å². The molecule has 0 bridgehead atoms. The molecule has 0 radical (unpaired) electrons. The van der Waals surface area contributed by atoms with Gasteiger partial charge < -0.3 is 9.84 Å². The fourth-order valence-electron chi connectivity index (χ4n) is 3.29. The van der Waals surface area contributed by atoms with Crippen molar-refractivity contribution in [1.82, 2.24) is 0 Å². The molecular formula is C20H18ClNO4S. The number of aliphatic hydroxyl groups is 1. The van der Waals surface area contributed by atoms with Gasteiger partial charge in [-0.25, -0.2) is 8.42 Å². The highest BCUT2D eigenvalue weighted by molar-refractivity contribution is 7.93. The Kier molecular flexibility index (Phi) is 4.82. The molecule has 7 heteroatoms. The molecule has 0 fully saturated rings. The van der Waals surface area contributed by atoms with Crippen LogP contribution in [0, 0.1) is 0 Å². The van der Waals surface area contributed by atoms with E-state index < -0.39 is 16.1 Å². The van der Waals surface area contributed by atoms with Gasteiger partial charge in [0.1, 0.15) is 0 Å². The SMILES string of the molecule is O=S1(=O)c2cccc3cccc(c23)N1CC(O)COCc1ccc(Cl)cc1. The molecular weight excluding hydrogens is 386 g/mol. The van der Waals surface area contributed by atoms with Gasteiger partial charge in [-0.3, -0.25) is 4.31 Å². The van der Waals surface area contributed by atoms with Crippen LogP contribution in [0.4, 0.5) is 5.69 Å². The van der Waals surface area contributed by atoms with Crippen molar-refractivity contribution in [3.05, 3.63) is 71.2 Å². The topological polar surface area (TPSA) is 66.8 Å². The maximum atomic E-state index is 12.9. The van der Waals surface area contributed by atoms with Crippen LogP contribution < -0.4 is 4.31 Å². The summed E-state index contributed by atoms with van der Waals surface area (Å²) in [5, 5.41) is 12.6. The fraction of sp³-hybridized carbons (Fsp3) is 0.200. The molecule has 0 amide bonds. The highest BCUT2D eigenvalue weighted by Crippen LogP contribution is 2.41. The Balaban J connectivity index is 1.46. The number of sulfonamides is 1. The van der Waals surface area contributed by atoms with E-state index in [0.29, 0.717) is 22.7 Å². The largest absolute Gasteiger partial charge is 0.389 e. The summed E-state index contributed by atoms with van der Waals surface area (Å²) in [4.78, 5) is 0.282. The van der Waals surface area contributed by atoms with Crippen LogP contribution in [-0.2, 0) is 21.4 Å². The Morgan fingerprint density at radius 2 is 1.74 bits per heavy atom. The number of β-amino-alcohol motifs (C(OH)–C–C–N with tert-alkyl or cyclic N) is 1. The van der Waals surface area contributed by atoms with Crippen LogP contribution in [0.3, 0.4) is 0 Å². The Labute approximate surface area is 162 Å². The monoisotopic (exact) mass is 403 g/mol. The quantitative estimate of drug-likeness (QED) is 0.683. The number of benzene rings is 3. The summed E-state index contributed by atoms with van der Waals surface area (Å²) in [5.41, 5.74) is 1.53. The van der Waals surface area contributed by atoms with Crippen molar-refractivity contribution >= 4 is 38.1 Å². The standard InChI is InChI=1S/C20H18ClNO4S/c21-16-9-7-14(8-10-16)12-26-13-17(23)11-22-18-5-1-3-15-4-2-6-19(20(15)18)27(22,24)25/h1-10,17,23H,11-13H2. The minimum atomic E-state index is -3.67. The summed E-state index contributed by atoms with van der Waals surface area (Å²) in [6, 6.07) is 17.9. The van der Waals surface area contributed by atoms with Crippen molar-refractivity contribution in [3.8, 4) is 0 Å². The molecule has 3 aromatic carbocycles. The fourth-order valence-corrected chi connectivity index (χ4v) is 5.17. The molecule has 3 aromatic rings. The van der Waals surface area contributed by atoms with Gasteiger partial charge in [0.2, 0.25) is 0 Å². The van der Waals surface area contributed by atoms with Gasteiger partial charge in [-0.05, 0) is 35.2 Å². The van der Waals surface area contributed by atoms with Gasteiger partial charge in [-0.1, -0.05) is 48.0 Å². The van der Waals surface area contributed by atoms with E-state index in [2.05, 4.69) is 0 Å². The molecule has 0 saturated carbocycles. The van der Waals surface area contributed by atoms with Gasteiger partial charge in [0.05, 0.1) is 36.4 Å². The minimum absolute atomic E-state index is 0.0287. The second-order valence-electron chi connectivity index (χ2n) is 6.46. The average molecular weight is 404 g/mol. The zero-order valence-electron chi connectivity index (χ0n) is 14.4. The molecule has 5 nitrogen and oxygen atoms in total. The Morgan fingerprint density at radius 3 is 2.48 bits per heavy atom. The third-order valence-electron chi connectivity index (χ3n) is 4.55. The first-order valence-corrected chi connectivity index (χ1v) is 10.3. The molecule has 1 atom stereocenters. The van der Waals surface area contributed by atoms with Crippen LogP contribution in [0.5, 0.6) is 0 Å². The number of anilines is 1. The molecule has 27 heavy (non-hydrogen) atoms. The third-order valence-corrected chi connectivity index (χ3v) is 6.62. The molecule has 1 unspecified atom stereocenters. The van der Waals surface area contributed by atoms with Gasteiger partial charge in [0.25, 0.3) is 10.0 Å². The normalized spacial score (nSPS) is 16.0. The summed E-state index contributed by atoms with van der Waals surface area (Å²) in [6.45, 7) is 0.286. The second-order valence-corrected chi connectivity index (χ2v) is 8.73. The summed E-state index contributed by atoms with van der Waals surface area (Å²) in [6.07, 6.45) is -0.948. The molecule has 1 aliphatic rings. The highest BCUT2D eigenvalue weighted by atomic mass is 35.5. The predicted molar refractivity (Wildman–Crippen MR) is 106 cm³/mol. The molecule has 140 valence electrons. The van der Waals surface area contributed by atoms with Gasteiger partial charge in [-0.2, -0.15) is 0 Å². The van der Waals surface area contributed by atoms with Crippen molar-refractivity contribution in [2.24, 2.45) is 0 Å². The molecule has 0 saturated heterocycles. The van der Waals surface area contributed by atoms with Crippen LogP contribution in [0.25, 0.3) is 10.8 Å². The van der Waals surface area contributed by atoms with Crippen LogP contribution >= 0.6 is 11.6 Å². The van der Waals surface area contributed by atoms with Gasteiger partial charge in [0.15, 0.2) is 0 Å². The van der Waals surface area contributed by atoms with Crippen molar-refractivity contribution in [3.63, 3.8) is 0 Å². The first-order chi connectivity index (χ1) is 13.0. The number of nitrogens with zero attached hydrogens (tertiary/aromatic N) is 1. The van der Waals surface area contributed by atoms with E-state index >= 15 is 0 Å². The maximum absolute atomic E-state index is 12.9. The minimum Gasteiger partial charge on any atom is -0.389 e. The van der Waals surface area contributed by atoms with E-state index in [1.807, 2.05) is 30.3 Å². The number of aliphatic hydroxyl groups excluding tert-OH is 1. The molecule has 0 aliphatic carbocycles. The first-order valence-electron chi connectivity index (χ1n) is 8.51. The van der Waals surface area contributed by atoms with E-state index in [4.69, 9.17) is 16.3 Å².